The van der Waals surface area contributed by atoms with Gasteiger partial charge in [-0.05, 0) is 56.2 Å². The number of nitrogens with one attached hydrogen (secondary N) is 1. The van der Waals surface area contributed by atoms with Crippen molar-refractivity contribution in [2.75, 3.05) is 13.7 Å². The molecule has 2 aliphatic heterocycles. The molecule has 2 aromatic rings. The van der Waals surface area contributed by atoms with E-state index in [-0.39, 0.29) is 30.3 Å². The summed E-state index contributed by atoms with van der Waals surface area (Å²) in [5.74, 6) is -3.85. The first kappa shape index (κ1) is 31.9. The molecule has 44 heavy (non-hydrogen) atoms. The van der Waals surface area contributed by atoms with Crippen LogP contribution in [0.2, 0.25) is 0 Å². The Morgan fingerprint density at radius 2 is 1.95 bits per heavy atom. The van der Waals surface area contributed by atoms with Gasteiger partial charge in [-0.1, -0.05) is 34.1 Å². The molecule has 0 unspecified atom stereocenters. The van der Waals surface area contributed by atoms with Gasteiger partial charge in [-0.25, -0.2) is 18.6 Å². The van der Waals surface area contributed by atoms with Gasteiger partial charge in [-0.3, -0.25) is 4.79 Å². The zero-order valence-corrected chi connectivity index (χ0v) is 26.3. The van der Waals surface area contributed by atoms with E-state index in [1.165, 1.54) is 18.1 Å². The van der Waals surface area contributed by atoms with E-state index in [0.717, 1.165) is 0 Å². The van der Waals surface area contributed by atoms with Gasteiger partial charge in [0, 0.05) is 29.7 Å². The third-order valence-corrected chi connectivity index (χ3v) is 9.54. The number of methoxy groups -OCH3 is 1. The van der Waals surface area contributed by atoms with Crippen LogP contribution >= 0.6 is 0 Å². The molecule has 11 heteroatoms. The molecule has 240 valence electrons. The molecular formula is C33H43F2N3O6. The molecule has 1 aromatic heterocycles. The molecule has 0 spiro atoms. The maximum absolute atomic E-state index is 16.0. The summed E-state index contributed by atoms with van der Waals surface area (Å²) in [5.41, 5.74) is -1.33. The number of carbonyl (C=O) groups is 3. The third kappa shape index (κ3) is 6.19. The first-order chi connectivity index (χ1) is 20.7. The van der Waals surface area contributed by atoms with Gasteiger partial charge in [0.15, 0.2) is 0 Å². The second kappa shape index (κ2) is 11.8. The minimum Gasteiger partial charge on any atom is -0.497 e. The lowest BCUT2D eigenvalue weighted by Crippen LogP contribution is -2.56. The van der Waals surface area contributed by atoms with Gasteiger partial charge in [0.1, 0.15) is 29.8 Å². The Labute approximate surface area is 257 Å². The number of fused-ring (bicyclic) bond motifs is 5. The highest BCUT2D eigenvalue weighted by molar-refractivity contribution is 5.89. The maximum atomic E-state index is 16.0. The number of carbonyl (C=O) groups excluding carboxylic acids is 3. The van der Waals surface area contributed by atoms with Crippen molar-refractivity contribution in [3.8, 4) is 11.6 Å². The number of alkyl halides is 2. The van der Waals surface area contributed by atoms with E-state index in [0.29, 0.717) is 48.6 Å². The molecule has 3 aliphatic rings. The van der Waals surface area contributed by atoms with E-state index < -0.39 is 59.5 Å². The Morgan fingerprint density at radius 3 is 2.61 bits per heavy atom. The van der Waals surface area contributed by atoms with Crippen LogP contribution < -0.4 is 14.8 Å². The molecule has 1 aliphatic carbocycles. The Hall–Kier alpha value is -3.50. The smallest absolute Gasteiger partial charge is 0.408 e. The van der Waals surface area contributed by atoms with Crippen LogP contribution in [0.5, 0.6) is 11.6 Å². The predicted octanol–water partition coefficient (Wildman–Crippen LogP) is 6.01. The minimum absolute atomic E-state index is 0.0350. The standard InChI is InChI=1S/C33H43F2N3O6/c1-7-22-25(18-39)38-17-26(22)43-28-23(14-19-11-12-21(42-6)15-24(19)36-28)33(34,35)13-9-8-10-20-16-32(20,5)44-30(41)37-27(29(38)40)31(2,3)4/h11-12,14-15,18,20,22,25-27H,7-10,13,16-17H2,1-6H3,(H,37,41)/t20-,22+,25-,26+,27-,32-/m1/s1. The number of pyridine rings is 1. The Bertz CT molecular complexity index is 1430. The molecule has 6 atom stereocenters. The van der Waals surface area contributed by atoms with Crippen LogP contribution in [0.15, 0.2) is 24.3 Å². The number of hydrogen-bond donors (Lipinski definition) is 1. The fourth-order valence-corrected chi connectivity index (χ4v) is 6.70. The van der Waals surface area contributed by atoms with Gasteiger partial charge in [0.05, 0.1) is 30.8 Å². The van der Waals surface area contributed by atoms with E-state index in [1.807, 2.05) is 34.6 Å². The Balaban J connectivity index is 1.58. The second-order valence-corrected chi connectivity index (χ2v) is 13.7. The Morgan fingerprint density at radius 1 is 1.20 bits per heavy atom. The number of aromatic nitrogens is 1. The third-order valence-electron chi connectivity index (χ3n) is 9.54. The van der Waals surface area contributed by atoms with Crippen LogP contribution in [-0.2, 0) is 20.2 Å². The number of alkyl carbamates (subject to hydrolysis) is 1. The molecule has 1 saturated carbocycles. The predicted molar refractivity (Wildman–Crippen MR) is 160 cm³/mol. The van der Waals surface area contributed by atoms with Crippen molar-refractivity contribution in [1.82, 2.24) is 15.2 Å². The van der Waals surface area contributed by atoms with E-state index >= 15 is 8.78 Å². The molecule has 2 amide bonds. The summed E-state index contributed by atoms with van der Waals surface area (Å²) >= 11 is 0. The maximum Gasteiger partial charge on any atom is 0.408 e. The van der Waals surface area contributed by atoms with Crippen LogP contribution in [0, 0.1) is 17.3 Å². The Kier molecular flexibility index (Phi) is 8.54. The van der Waals surface area contributed by atoms with Crippen molar-refractivity contribution in [2.24, 2.45) is 17.3 Å². The van der Waals surface area contributed by atoms with Gasteiger partial charge in [0.2, 0.25) is 11.8 Å². The van der Waals surface area contributed by atoms with Crippen molar-refractivity contribution in [1.29, 1.82) is 0 Å². The molecule has 3 heterocycles. The van der Waals surface area contributed by atoms with Crippen molar-refractivity contribution >= 4 is 29.2 Å². The fraction of sp³-hybridized carbons (Fsp3) is 0.636. The number of amides is 2. The van der Waals surface area contributed by atoms with Crippen molar-refractivity contribution in [3.63, 3.8) is 0 Å². The highest BCUT2D eigenvalue weighted by Crippen LogP contribution is 2.50. The largest absolute Gasteiger partial charge is 0.497 e. The van der Waals surface area contributed by atoms with E-state index in [1.54, 1.807) is 18.2 Å². The number of benzene rings is 1. The quantitative estimate of drug-likeness (QED) is 0.422. The number of ether oxygens (including phenoxy) is 3. The number of aldehydes is 1. The average molecular weight is 616 g/mol. The molecule has 2 fully saturated rings. The number of rotatable bonds is 3. The molecule has 9 nitrogen and oxygen atoms in total. The van der Waals surface area contributed by atoms with E-state index in [2.05, 4.69) is 10.3 Å². The highest BCUT2D eigenvalue weighted by atomic mass is 19.3. The molecule has 1 aromatic carbocycles. The molecule has 0 radical (unpaired) electrons. The minimum atomic E-state index is -3.25. The normalized spacial score (nSPS) is 31.0. The van der Waals surface area contributed by atoms with Crippen LogP contribution in [0.25, 0.3) is 10.9 Å². The van der Waals surface area contributed by atoms with Gasteiger partial charge in [0.25, 0.3) is 5.92 Å². The van der Waals surface area contributed by atoms with Crippen LogP contribution in [0.4, 0.5) is 13.6 Å². The average Bonchev–Trinajstić information content (AvgIpc) is 3.45. The highest BCUT2D eigenvalue weighted by Gasteiger charge is 2.54. The summed E-state index contributed by atoms with van der Waals surface area (Å²) in [6, 6.07) is 4.58. The molecule has 2 bridgehead atoms. The van der Waals surface area contributed by atoms with Gasteiger partial charge < -0.3 is 29.2 Å². The van der Waals surface area contributed by atoms with E-state index in [9.17, 15) is 14.4 Å². The zero-order valence-electron chi connectivity index (χ0n) is 26.3. The summed E-state index contributed by atoms with van der Waals surface area (Å²) in [6.45, 7) is 9.12. The van der Waals surface area contributed by atoms with E-state index in [4.69, 9.17) is 14.2 Å². The van der Waals surface area contributed by atoms with Gasteiger partial charge in [-0.15, -0.1) is 0 Å². The molecule has 5 rings (SSSR count). The number of hydrogen-bond acceptors (Lipinski definition) is 7. The van der Waals surface area contributed by atoms with Crippen LogP contribution in [-0.4, -0.2) is 65.6 Å². The molecule has 1 N–H and O–H groups in total. The first-order valence-corrected chi connectivity index (χ1v) is 15.5. The van der Waals surface area contributed by atoms with Crippen LogP contribution in [0.3, 0.4) is 0 Å². The van der Waals surface area contributed by atoms with Crippen LogP contribution in [0.1, 0.15) is 78.7 Å². The topological polar surface area (TPSA) is 107 Å². The molecule has 1 saturated heterocycles. The number of halogens is 2. The first-order valence-electron chi connectivity index (χ1n) is 15.5. The lowest BCUT2D eigenvalue weighted by molar-refractivity contribution is -0.139. The summed E-state index contributed by atoms with van der Waals surface area (Å²) < 4.78 is 49.4. The van der Waals surface area contributed by atoms with Crippen molar-refractivity contribution in [2.45, 2.75) is 103 Å². The summed E-state index contributed by atoms with van der Waals surface area (Å²) in [5, 5.41) is 3.30. The molecular weight excluding hydrogens is 572 g/mol. The van der Waals surface area contributed by atoms with Crippen molar-refractivity contribution in [3.05, 3.63) is 29.8 Å². The summed E-state index contributed by atoms with van der Waals surface area (Å²) in [4.78, 5) is 45.6. The zero-order chi connectivity index (χ0) is 32.0. The second-order valence-electron chi connectivity index (χ2n) is 13.7. The number of nitrogens with zero attached hydrogens (tertiary/aromatic N) is 2. The lowest BCUT2D eigenvalue weighted by Gasteiger charge is -2.35. The fourth-order valence-electron chi connectivity index (χ4n) is 6.70. The van der Waals surface area contributed by atoms with Crippen molar-refractivity contribution < 1.29 is 37.4 Å². The SMILES string of the molecule is CC[C@@H]1[C@@H]2CN(C(=O)[C@H](C(C)(C)C)NC(=O)O[C@]3(C)C[C@H]3CCCCC(F)(F)c3cc4ccc(OC)cc4nc3O2)[C@@H]1C=O. The van der Waals surface area contributed by atoms with Gasteiger partial charge in [-0.2, -0.15) is 0 Å². The van der Waals surface area contributed by atoms with Gasteiger partial charge >= 0.3 is 6.09 Å². The summed E-state index contributed by atoms with van der Waals surface area (Å²) in [7, 11) is 1.51. The summed E-state index contributed by atoms with van der Waals surface area (Å²) in [6.07, 6.45) is 1.29. The lowest BCUT2D eigenvalue weighted by atomic mass is 9.85. The monoisotopic (exact) mass is 615 g/mol.